The summed E-state index contributed by atoms with van der Waals surface area (Å²) in [6.07, 6.45) is -2.03. The highest BCUT2D eigenvalue weighted by atomic mass is 19.4. The average molecular weight is 483 g/mol. The predicted octanol–water partition coefficient (Wildman–Crippen LogP) is 5.38. The highest BCUT2D eigenvalue weighted by Gasteiger charge is 2.33. The molecule has 182 valence electrons. The number of carbonyl (C=O) groups is 1. The van der Waals surface area contributed by atoms with Crippen LogP contribution in [0.3, 0.4) is 0 Å². The van der Waals surface area contributed by atoms with E-state index in [2.05, 4.69) is 20.6 Å². The fourth-order valence-corrected chi connectivity index (χ4v) is 3.81. The number of aromatic nitrogens is 1. The van der Waals surface area contributed by atoms with Crippen molar-refractivity contribution >= 4 is 17.4 Å². The van der Waals surface area contributed by atoms with Gasteiger partial charge in [-0.3, -0.25) is 9.79 Å². The molecule has 0 spiro atoms. The second-order valence-corrected chi connectivity index (χ2v) is 8.03. The molecule has 4 rings (SSSR count). The maximum atomic E-state index is 13.3. The Kier molecular flexibility index (Phi) is 7.33. The minimum Gasteiger partial charge on any atom is -0.455 e. The van der Waals surface area contributed by atoms with Crippen molar-refractivity contribution in [3.63, 3.8) is 0 Å². The third-order valence-electron chi connectivity index (χ3n) is 5.52. The van der Waals surface area contributed by atoms with Crippen molar-refractivity contribution in [1.29, 1.82) is 0 Å². The van der Waals surface area contributed by atoms with Gasteiger partial charge in [-0.05, 0) is 60.4 Å². The van der Waals surface area contributed by atoms with Gasteiger partial charge < -0.3 is 15.4 Å². The number of benzene rings is 2. The van der Waals surface area contributed by atoms with Crippen LogP contribution >= 0.6 is 0 Å². The molecule has 2 heterocycles. The van der Waals surface area contributed by atoms with Crippen molar-refractivity contribution in [2.45, 2.75) is 32.4 Å². The number of hydrogen-bond acceptors (Lipinski definition) is 5. The Bertz CT molecular complexity index is 1240. The summed E-state index contributed by atoms with van der Waals surface area (Å²) >= 11 is 0. The van der Waals surface area contributed by atoms with E-state index in [1.807, 2.05) is 24.3 Å². The second kappa shape index (κ2) is 10.6. The molecule has 1 aromatic heterocycles. The zero-order chi connectivity index (χ0) is 24.8. The van der Waals surface area contributed by atoms with Crippen LogP contribution in [-0.2, 0) is 23.8 Å². The van der Waals surface area contributed by atoms with Crippen LogP contribution in [0, 0.1) is 0 Å². The summed E-state index contributed by atoms with van der Waals surface area (Å²) in [5.74, 6) is 1.47. The van der Waals surface area contributed by atoms with E-state index in [1.54, 1.807) is 25.3 Å². The summed E-state index contributed by atoms with van der Waals surface area (Å²) in [5, 5.41) is 5.75. The zero-order valence-corrected chi connectivity index (χ0v) is 19.2. The minimum atomic E-state index is -4.47. The standard InChI is InChI=1S/C26H25F3N4O2/c1-2-18-9-10-19(16-21(18)26(27,28)29)33-23(34)11-8-17-5-3-6-20(15-17)35-22-7-4-12-30-24(22)25-31-13-14-32-25/h3-7,9-10,12,15-16H,2,8,11,13-14H2,1H3,(H,31,32)(H,33,34). The maximum Gasteiger partial charge on any atom is 0.416 e. The first kappa shape index (κ1) is 24.3. The first-order valence-electron chi connectivity index (χ1n) is 11.3. The van der Waals surface area contributed by atoms with E-state index < -0.39 is 11.7 Å². The molecule has 1 aliphatic rings. The molecule has 3 aromatic rings. The van der Waals surface area contributed by atoms with Crippen molar-refractivity contribution in [2.24, 2.45) is 4.99 Å². The lowest BCUT2D eigenvalue weighted by Gasteiger charge is -2.14. The van der Waals surface area contributed by atoms with Gasteiger partial charge in [-0.1, -0.05) is 25.1 Å². The molecule has 0 saturated heterocycles. The Balaban J connectivity index is 1.39. The van der Waals surface area contributed by atoms with E-state index in [1.165, 1.54) is 12.1 Å². The Hall–Kier alpha value is -3.88. The van der Waals surface area contributed by atoms with Crippen LogP contribution in [0.1, 0.15) is 35.7 Å². The van der Waals surface area contributed by atoms with Crippen molar-refractivity contribution in [3.8, 4) is 11.5 Å². The van der Waals surface area contributed by atoms with Crippen LogP contribution in [-0.4, -0.2) is 29.8 Å². The van der Waals surface area contributed by atoms with Crippen molar-refractivity contribution < 1.29 is 22.7 Å². The molecule has 0 radical (unpaired) electrons. The number of alkyl halides is 3. The molecule has 2 N–H and O–H groups in total. The summed E-state index contributed by atoms with van der Waals surface area (Å²) in [4.78, 5) is 21.2. The molecule has 0 atom stereocenters. The predicted molar refractivity (Wildman–Crippen MR) is 128 cm³/mol. The number of carbonyl (C=O) groups excluding carboxylic acids is 1. The van der Waals surface area contributed by atoms with Crippen molar-refractivity contribution in [1.82, 2.24) is 10.3 Å². The van der Waals surface area contributed by atoms with Gasteiger partial charge in [0.2, 0.25) is 5.91 Å². The summed E-state index contributed by atoms with van der Waals surface area (Å²) in [6.45, 7) is 3.10. The third kappa shape index (κ3) is 6.17. The second-order valence-electron chi connectivity index (χ2n) is 8.03. The van der Waals surface area contributed by atoms with E-state index in [0.717, 1.165) is 18.2 Å². The monoisotopic (exact) mass is 482 g/mol. The molecule has 6 nitrogen and oxygen atoms in total. The summed E-state index contributed by atoms with van der Waals surface area (Å²) in [7, 11) is 0. The van der Waals surface area contributed by atoms with E-state index in [4.69, 9.17) is 4.74 Å². The Morgan fingerprint density at radius 2 is 2.00 bits per heavy atom. The lowest BCUT2D eigenvalue weighted by molar-refractivity contribution is -0.138. The van der Waals surface area contributed by atoms with Crippen molar-refractivity contribution in [3.05, 3.63) is 83.2 Å². The molecule has 0 unspecified atom stereocenters. The number of nitrogens with one attached hydrogen (secondary N) is 2. The third-order valence-corrected chi connectivity index (χ3v) is 5.52. The van der Waals surface area contributed by atoms with Gasteiger partial charge in [-0.15, -0.1) is 0 Å². The quantitative estimate of drug-likeness (QED) is 0.452. The Labute approximate surface area is 201 Å². The molecular weight excluding hydrogens is 457 g/mol. The lowest BCUT2D eigenvalue weighted by atomic mass is 10.0. The number of ether oxygens (including phenoxy) is 1. The molecule has 0 saturated carbocycles. The normalized spacial score (nSPS) is 13.2. The van der Waals surface area contributed by atoms with Gasteiger partial charge in [0.25, 0.3) is 0 Å². The largest absolute Gasteiger partial charge is 0.455 e. The van der Waals surface area contributed by atoms with Crippen LogP contribution in [0.2, 0.25) is 0 Å². The number of anilines is 1. The number of hydrogen-bond donors (Lipinski definition) is 2. The van der Waals surface area contributed by atoms with Gasteiger partial charge in [0.05, 0.1) is 12.1 Å². The number of rotatable bonds is 8. The zero-order valence-electron chi connectivity index (χ0n) is 19.2. The highest BCUT2D eigenvalue weighted by Crippen LogP contribution is 2.34. The van der Waals surface area contributed by atoms with E-state index >= 15 is 0 Å². The minimum absolute atomic E-state index is 0.110. The van der Waals surface area contributed by atoms with Gasteiger partial charge in [0.1, 0.15) is 11.4 Å². The topological polar surface area (TPSA) is 75.6 Å². The van der Waals surface area contributed by atoms with Gasteiger partial charge in [0.15, 0.2) is 11.6 Å². The summed E-state index contributed by atoms with van der Waals surface area (Å²) in [5.41, 5.74) is 1.08. The number of aryl methyl sites for hydroxylation is 2. The summed E-state index contributed by atoms with van der Waals surface area (Å²) < 4.78 is 45.9. The number of nitrogens with zero attached hydrogens (tertiary/aromatic N) is 2. The number of halogens is 3. The van der Waals surface area contributed by atoms with Crippen LogP contribution in [0.25, 0.3) is 0 Å². The molecule has 1 amide bonds. The number of amides is 1. The van der Waals surface area contributed by atoms with Crippen LogP contribution in [0.5, 0.6) is 11.5 Å². The fourth-order valence-electron chi connectivity index (χ4n) is 3.81. The van der Waals surface area contributed by atoms with Crippen LogP contribution in [0.15, 0.2) is 65.8 Å². The smallest absolute Gasteiger partial charge is 0.416 e. The molecule has 9 heteroatoms. The summed E-state index contributed by atoms with van der Waals surface area (Å²) in [6, 6.07) is 14.8. The van der Waals surface area contributed by atoms with E-state index in [0.29, 0.717) is 36.0 Å². The van der Waals surface area contributed by atoms with E-state index in [-0.39, 0.29) is 30.0 Å². The molecule has 2 aromatic carbocycles. The van der Waals surface area contributed by atoms with Gasteiger partial charge >= 0.3 is 6.18 Å². The average Bonchev–Trinajstić information content (AvgIpc) is 3.38. The molecule has 0 aliphatic carbocycles. The van der Waals surface area contributed by atoms with E-state index in [9.17, 15) is 18.0 Å². The number of pyridine rings is 1. The molecule has 1 aliphatic heterocycles. The first-order chi connectivity index (χ1) is 16.8. The molecular formula is C26H25F3N4O2. The lowest BCUT2D eigenvalue weighted by Crippen LogP contribution is -2.21. The van der Waals surface area contributed by atoms with Gasteiger partial charge in [-0.2, -0.15) is 13.2 Å². The van der Waals surface area contributed by atoms with Crippen LogP contribution in [0.4, 0.5) is 18.9 Å². The SMILES string of the molecule is CCc1ccc(NC(=O)CCc2cccc(Oc3cccnc3C3=NCCN3)c2)cc1C(F)(F)F. The fraction of sp³-hybridized carbons (Fsp3) is 0.269. The maximum absolute atomic E-state index is 13.3. The first-order valence-corrected chi connectivity index (χ1v) is 11.3. The van der Waals surface area contributed by atoms with Crippen LogP contribution < -0.4 is 15.4 Å². The molecule has 0 bridgehead atoms. The number of aliphatic imine (C=N–C) groups is 1. The number of amidine groups is 1. The van der Waals surface area contributed by atoms with Gasteiger partial charge in [0, 0.05) is 24.8 Å². The Morgan fingerprint density at radius 1 is 1.14 bits per heavy atom. The molecule has 0 fully saturated rings. The van der Waals surface area contributed by atoms with Crippen molar-refractivity contribution in [2.75, 3.05) is 18.4 Å². The highest BCUT2D eigenvalue weighted by molar-refractivity contribution is 6.00. The van der Waals surface area contributed by atoms with Gasteiger partial charge in [-0.25, -0.2) is 4.98 Å². The Morgan fingerprint density at radius 3 is 2.74 bits per heavy atom. The molecule has 35 heavy (non-hydrogen) atoms.